The Morgan fingerprint density at radius 1 is 1.21 bits per heavy atom. The molecule has 0 saturated carbocycles. The van der Waals surface area contributed by atoms with Crippen LogP contribution in [-0.2, 0) is 9.53 Å². The highest BCUT2D eigenvalue weighted by atomic mass is 16.5. The Hall–Kier alpha value is -2.25. The predicted molar refractivity (Wildman–Crippen MR) is 85.8 cm³/mol. The van der Waals surface area contributed by atoms with E-state index in [1.54, 1.807) is 31.2 Å². The number of rotatable bonds is 5. The molecular formula is C17H22N3O4+. The monoisotopic (exact) mass is 332 g/mol. The molecule has 1 atom stereocenters. The molecule has 0 radical (unpaired) electrons. The van der Waals surface area contributed by atoms with E-state index < -0.39 is 17.9 Å². The van der Waals surface area contributed by atoms with E-state index in [1.807, 2.05) is 0 Å². The van der Waals surface area contributed by atoms with Crippen LogP contribution in [0.1, 0.15) is 27.6 Å². The summed E-state index contributed by atoms with van der Waals surface area (Å²) >= 11 is 0. The summed E-state index contributed by atoms with van der Waals surface area (Å²) in [6.07, 6.45) is 0. The molecule has 24 heavy (non-hydrogen) atoms. The minimum atomic E-state index is -0.822. The summed E-state index contributed by atoms with van der Waals surface area (Å²) in [7, 11) is 0. The van der Waals surface area contributed by atoms with Crippen LogP contribution in [0.15, 0.2) is 24.3 Å². The van der Waals surface area contributed by atoms with Gasteiger partial charge in [0, 0.05) is 0 Å². The molecule has 128 valence electrons. The zero-order valence-electron chi connectivity index (χ0n) is 13.7. The summed E-state index contributed by atoms with van der Waals surface area (Å²) in [5, 5.41) is 2.83. The van der Waals surface area contributed by atoms with Crippen LogP contribution < -0.4 is 10.2 Å². The highest BCUT2D eigenvalue weighted by molar-refractivity contribution is 6.22. The second kappa shape index (κ2) is 7.11. The first-order valence-corrected chi connectivity index (χ1v) is 8.25. The van der Waals surface area contributed by atoms with Gasteiger partial charge in [0.15, 0.2) is 0 Å². The van der Waals surface area contributed by atoms with Gasteiger partial charge in [-0.2, -0.15) is 0 Å². The maximum absolute atomic E-state index is 12.4. The molecule has 1 aromatic carbocycles. The molecule has 3 amide bonds. The number of quaternary nitrogens is 1. The Labute approximate surface area is 140 Å². The van der Waals surface area contributed by atoms with Crippen molar-refractivity contribution in [2.24, 2.45) is 0 Å². The van der Waals surface area contributed by atoms with Crippen LogP contribution in [0.2, 0.25) is 0 Å². The second-order valence-corrected chi connectivity index (χ2v) is 6.11. The number of benzene rings is 1. The second-order valence-electron chi connectivity index (χ2n) is 6.11. The zero-order chi connectivity index (χ0) is 17.1. The molecule has 0 unspecified atom stereocenters. The Morgan fingerprint density at radius 3 is 2.38 bits per heavy atom. The fourth-order valence-corrected chi connectivity index (χ4v) is 3.10. The van der Waals surface area contributed by atoms with Gasteiger partial charge in [0.05, 0.1) is 37.4 Å². The number of fused-ring (bicyclic) bond motifs is 1. The molecule has 0 spiro atoms. The van der Waals surface area contributed by atoms with Gasteiger partial charge in [-0.15, -0.1) is 0 Å². The topological polar surface area (TPSA) is 80.2 Å². The largest absolute Gasteiger partial charge is 0.370 e. The van der Waals surface area contributed by atoms with E-state index >= 15 is 0 Å². The van der Waals surface area contributed by atoms with Crippen molar-refractivity contribution in [2.45, 2.75) is 13.0 Å². The predicted octanol–water partition coefficient (Wildman–Crippen LogP) is -1.30. The number of carbonyl (C=O) groups is 3. The van der Waals surface area contributed by atoms with Gasteiger partial charge in [-0.25, -0.2) is 0 Å². The van der Waals surface area contributed by atoms with E-state index in [1.165, 1.54) is 4.90 Å². The SMILES string of the molecule is C[C@H](C(=O)NCC[NH+]1CCOCC1)N1C(=O)c2ccccc2C1=O. The summed E-state index contributed by atoms with van der Waals surface area (Å²) in [5.74, 6) is -1.12. The first-order valence-electron chi connectivity index (χ1n) is 8.25. The van der Waals surface area contributed by atoms with Crippen molar-refractivity contribution in [1.29, 1.82) is 0 Å². The fraction of sp³-hybridized carbons (Fsp3) is 0.471. The molecule has 1 saturated heterocycles. The van der Waals surface area contributed by atoms with Gasteiger partial charge in [-0.3, -0.25) is 19.3 Å². The zero-order valence-corrected chi connectivity index (χ0v) is 13.7. The molecule has 2 heterocycles. The number of nitrogens with one attached hydrogen (secondary N) is 2. The first-order chi connectivity index (χ1) is 11.6. The van der Waals surface area contributed by atoms with Gasteiger partial charge in [0.2, 0.25) is 5.91 Å². The number of carbonyl (C=O) groups excluding carboxylic acids is 3. The average molecular weight is 332 g/mol. The van der Waals surface area contributed by atoms with Crippen molar-refractivity contribution in [1.82, 2.24) is 10.2 Å². The molecular weight excluding hydrogens is 310 g/mol. The van der Waals surface area contributed by atoms with Crippen LogP contribution in [0, 0.1) is 0 Å². The molecule has 2 N–H and O–H groups in total. The average Bonchev–Trinajstić information content (AvgIpc) is 2.86. The number of amides is 3. The van der Waals surface area contributed by atoms with E-state index in [0.717, 1.165) is 37.7 Å². The van der Waals surface area contributed by atoms with Crippen LogP contribution in [0.3, 0.4) is 0 Å². The normalized spacial score (nSPS) is 19.3. The Kier molecular flexibility index (Phi) is 4.92. The van der Waals surface area contributed by atoms with Gasteiger partial charge < -0.3 is 15.0 Å². The molecule has 2 aliphatic heterocycles. The highest BCUT2D eigenvalue weighted by Gasteiger charge is 2.40. The standard InChI is InChI=1S/C17H21N3O4/c1-12(15(21)18-6-7-19-8-10-24-11-9-19)20-16(22)13-4-2-3-5-14(13)17(20)23/h2-5,12H,6-11H2,1H3,(H,18,21)/p+1/t12-/m1/s1. The summed E-state index contributed by atoms with van der Waals surface area (Å²) in [6, 6.07) is 5.83. The number of hydrogen-bond donors (Lipinski definition) is 2. The lowest BCUT2D eigenvalue weighted by molar-refractivity contribution is -0.906. The lowest BCUT2D eigenvalue weighted by atomic mass is 10.1. The lowest BCUT2D eigenvalue weighted by Crippen LogP contribution is -3.14. The summed E-state index contributed by atoms with van der Waals surface area (Å²) in [4.78, 5) is 39.5. The summed E-state index contributed by atoms with van der Waals surface area (Å²) in [5.41, 5.74) is 0.722. The van der Waals surface area contributed by atoms with Crippen LogP contribution in [0.25, 0.3) is 0 Å². The van der Waals surface area contributed by atoms with Crippen molar-refractivity contribution in [3.05, 3.63) is 35.4 Å². The minimum Gasteiger partial charge on any atom is -0.370 e. The third-order valence-electron chi connectivity index (χ3n) is 4.57. The number of hydrogen-bond acceptors (Lipinski definition) is 4. The Morgan fingerprint density at radius 2 is 1.79 bits per heavy atom. The number of nitrogens with zero attached hydrogens (tertiary/aromatic N) is 1. The quantitative estimate of drug-likeness (QED) is 0.657. The summed E-state index contributed by atoms with van der Waals surface area (Å²) in [6.45, 7) is 6.27. The van der Waals surface area contributed by atoms with Gasteiger partial charge in [-0.1, -0.05) is 12.1 Å². The maximum atomic E-state index is 12.4. The number of ether oxygens (including phenoxy) is 1. The van der Waals surface area contributed by atoms with Crippen molar-refractivity contribution < 1.29 is 24.0 Å². The third kappa shape index (κ3) is 3.18. The van der Waals surface area contributed by atoms with Crippen LogP contribution >= 0.6 is 0 Å². The van der Waals surface area contributed by atoms with Crippen molar-refractivity contribution in [2.75, 3.05) is 39.4 Å². The molecule has 2 aliphatic rings. The highest BCUT2D eigenvalue weighted by Crippen LogP contribution is 2.24. The molecule has 1 fully saturated rings. The third-order valence-corrected chi connectivity index (χ3v) is 4.57. The number of morpholine rings is 1. The fourth-order valence-electron chi connectivity index (χ4n) is 3.10. The van der Waals surface area contributed by atoms with Crippen LogP contribution in [0.5, 0.6) is 0 Å². The Bertz CT molecular complexity index is 620. The first kappa shape index (κ1) is 16.6. The summed E-state index contributed by atoms with van der Waals surface area (Å²) < 4.78 is 5.30. The van der Waals surface area contributed by atoms with E-state index in [-0.39, 0.29) is 5.91 Å². The van der Waals surface area contributed by atoms with Gasteiger partial charge in [0.25, 0.3) is 11.8 Å². The molecule has 3 rings (SSSR count). The van der Waals surface area contributed by atoms with Gasteiger partial charge in [-0.05, 0) is 19.1 Å². The molecule has 0 aliphatic carbocycles. The van der Waals surface area contributed by atoms with Crippen molar-refractivity contribution in [3.8, 4) is 0 Å². The van der Waals surface area contributed by atoms with Crippen LogP contribution in [-0.4, -0.2) is 68.1 Å². The van der Waals surface area contributed by atoms with Crippen molar-refractivity contribution in [3.63, 3.8) is 0 Å². The molecule has 1 aromatic rings. The molecule has 0 aromatic heterocycles. The van der Waals surface area contributed by atoms with E-state index in [9.17, 15) is 14.4 Å². The van der Waals surface area contributed by atoms with Gasteiger partial charge >= 0.3 is 0 Å². The number of imide groups is 1. The van der Waals surface area contributed by atoms with E-state index in [2.05, 4.69) is 5.32 Å². The minimum absolute atomic E-state index is 0.308. The molecule has 0 bridgehead atoms. The van der Waals surface area contributed by atoms with Crippen molar-refractivity contribution >= 4 is 17.7 Å². The molecule has 7 nitrogen and oxygen atoms in total. The van der Waals surface area contributed by atoms with Crippen LogP contribution in [0.4, 0.5) is 0 Å². The molecule has 7 heteroatoms. The lowest BCUT2D eigenvalue weighted by Gasteiger charge is -2.25. The van der Waals surface area contributed by atoms with E-state index in [0.29, 0.717) is 17.7 Å². The maximum Gasteiger partial charge on any atom is 0.262 e. The Balaban J connectivity index is 1.56. The van der Waals surface area contributed by atoms with Gasteiger partial charge in [0.1, 0.15) is 19.1 Å². The van der Waals surface area contributed by atoms with E-state index in [4.69, 9.17) is 4.74 Å². The smallest absolute Gasteiger partial charge is 0.262 e.